The smallest absolute Gasteiger partial charge is 0.146 e. The molecule has 19 heavy (non-hydrogen) atoms. The summed E-state index contributed by atoms with van der Waals surface area (Å²) in [5.74, 6) is -0.0568. The van der Waals surface area contributed by atoms with E-state index in [1.165, 1.54) is 11.3 Å². The minimum atomic E-state index is -0.0568. The maximum atomic E-state index is 14.3. The van der Waals surface area contributed by atoms with E-state index in [-0.39, 0.29) is 5.82 Å². The highest BCUT2D eigenvalue weighted by Gasteiger charge is 2.21. The molecule has 1 aromatic carbocycles. The third-order valence-corrected chi connectivity index (χ3v) is 4.20. The van der Waals surface area contributed by atoms with Crippen molar-refractivity contribution >= 4 is 11.4 Å². The second-order valence-electron chi connectivity index (χ2n) is 5.35. The Labute approximate surface area is 114 Å². The molecule has 1 N–H and O–H groups in total. The van der Waals surface area contributed by atoms with Crippen molar-refractivity contribution in [3.05, 3.63) is 23.5 Å². The molecule has 3 nitrogen and oxygen atoms in total. The van der Waals surface area contributed by atoms with Gasteiger partial charge in [-0.25, -0.2) is 4.39 Å². The van der Waals surface area contributed by atoms with Crippen LogP contribution in [0.3, 0.4) is 0 Å². The third kappa shape index (κ3) is 2.41. The fraction of sp³-hybridized carbons (Fsp3) is 0.600. The molecule has 0 spiro atoms. The fourth-order valence-electron chi connectivity index (χ4n) is 3.14. The summed E-state index contributed by atoms with van der Waals surface area (Å²) in [5.41, 5.74) is 3.19. The number of hydrogen-bond acceptors (Lipinski definition) is 3. The molecule has 2 aliphatic rings. The van der Waals surface area contributed by atoms with Crippen LogP contribution in [-0.4, -0.2) is 39.3 Å². The molecular formula is C15H22FN3. The summed E-state index contributed by atoms with van der Waals surface area (Å²) in [7, 11) is 0. The monoisotopic (exact) mass is 263 g/mol. The first kappa shape index (κ1) is 12.7. The van der Waals surface area contributed by atoms with E-state index in [1.807, 2.05) is 0 Å². The van der Waals surface area contributed by atoms with E-state index < -0.39 is 0 Å². The highest BCUT2D eigenvalue weighted by molar-refractivity contribution is 5.65. The summed E-state index contributed by atoms with van der Waals surface area (Å²) >= 11 is 0. The molecule has 0 atom stereocenters. The van der Waals surface area contributed by atoms with Crippen LogP contribution in [0.25, 0.3) is 0 Å². The molecule has 1 saturated heterocycles. The predicted molar refractivity (Wildman–Crippen MR) is 77.7 cm³/mol. The first-order valence-corrected chi connectivity index (χ1v) is 7.32. The van der Waals surface area contributed by atoms with Gasteiger partial charge in [-0.1, -0.05) is 0 Å². The molecule has 2 heterocycles. The number of nitrogens with zero attached hydrogens (tertiary/aromatic N) is 2. The van der Waals surface area contributed by atoms with Crippen molar-refractivity contribution in [3.63, 3.8) is 0 Å². The van der Waals surface area contributed by atoms with Crippen LogP contribution < -0.4 is 15.1 Å². The van der Waals surface area contributed by atoms with Crippen LogP contribution in [0.2, 0.25) is 0 Å². The molecule has 0 aromatic heterocycles. The van der Waals surface area contributed by atoms with Crippen molar-refractivity contribution in [1.29, 1.82) is 0 Å². The van der Waals surface area contributed by atoms with Crippen molar-refractivity contribution in [1.82, 2.24) is 5.32 Å². The third-order valence-electron chi connectivity index (χ3n) is 4.20. The van der Waals surface area contributed by atoms with Gasteiger partial charge < -0.3 is 15.1 Å². The second kappa shape index (κ2) is 5.37. The fourth-order valence-corrected chi connectivity index (χ4v) is 3.14. The van der Waals surface area contributed by atoms with Gasteiger partial charge in [0, 0.05) is 45.0 Å². The van der Waals surface area contributed by atoms with Crippen LogP contribution in [0.4, 0.5) is 15.8 Å². The van der Waals surface area contributed by atoms with Gasteiger partial charge in [0.1, 0.15) is 5.82 Å². The topological polar surface area (TPSA) is 18.5 Å². The summed E-state index contributed by atoms with van der Waals surface area (Å²) < 4.78 is 14.3. The molecule has 1 aromatic rings. The number of benzene rings is 1. The van der Waals surface area contributed by atoms with Crippen molar-refractivity contribution in [2.75, 3.05) is 49.1 Å². The molecule has 104 valence electrons. The van der Waals surface area contributed by atoms with Gasteiger partial charge in [-0.15, -0.1) is 0 Å². The Morgan fingerprint density at radius 2 is 1.95 bits per heavy atom. The number of piperazine rings is 1. The normalized spacial score (nSPS) is 19.5. The zero-order chi connectivity index (χ0) is 13.2. The lowest BCUT2D eigenvalue weighted by Gasteiger charge is -2.34. The van der Waals surface area contributed by atoms with E-state index in [1.54, 1.807) is 6.07 Å². The van der Waals surface area contributed by atoms with Crippen LogP contribution in [-0.2, 0) is 6.42 Å². The summed E-state index contributed by atoms with van der Waals surface area (Å²) in [4.78, 5) is 4.53. The molecule has 0 bridgehead atoms. The van der Waals surface area contributed by atoms with Crippen LogP contribution in [0, 0.1) is 5.82 Å². The van der Waals surface area contributed by atoms with Gasteiger partial charge in [-0.3, -0.25) is 0 Å². The van der Waals surface area contributed by atoms with Gasteiger partial charge in [0.15, 0.2) is 0 Å². The number of anilines is 2. The summed E-state index contributed by atoms with van der Waals surface area (Å²) in [6, 6.07) is 3.83. The minimum absolute atomic E-state index is 0.0568. The Morgan fingerprint density at radius 1 is 1.16 bits per heavy atom. The van der Waals surface area contributed by atoms with Gasteiger partial charge in [0.2, 0.25) is 0 Å². The zero-order valence-electron chi connectivity index (χ0n) is 11.6. The molecule has 0 radical (unpaired) electrons. The molecular weight excluding hydrogens is 241 g/mol. The summed E-state index contributed by atoms with van der Waals surface area (Å²) in [5, 5.41) is 3.31. The quantitative estimate of drug-likeness (QED) is 0.880. The lowest BCUT2D eigenvalue weighted by molar-refractivity contribution is 0.564. The lowest BCUT2D eigenvalue weighted by Crippen LogP contribution is -2.44. The minimum Gasteiger partial charge on any atom is -0.372 e. The standard InChI is InChI=1S/C15H22FN3/c1-2-18-7-3-4-12-10-13(16)15(11-14(12)18)19-8-5-17-6-9-19/h10-11,17H,2-9H2,1H3. The summed E-state index contributed by atoms with van der Waals surface area (Å²) in [6.07, 6.45) is 2.14. The maximum Gasteiger partial charge on any atom is 0.146 e. The van der Waals surface area contributed by atoms with Crippen LogP contribution in [0.15, 0.2) is 12.1 Å². The molecule has 1 fully saturated rings. The van der Waals surface area contributed by atoms with Gasteiger partial charge in [0.25, 0.3) is 0 Å². The van der Waals surface area contributed by atoms with E-state index in [0.717, 1.165) is 57.8 Å². The molecule has 2 aliphatic heterocycles. The Hall–Kier alpha value is -1.29. The van der Waals surface area contributed by atoms with Crippen molar-refractivity contribution in [2.24, 2.45) is 0 Å². The van der Waals surface area contributed by atoms with Crippen molar-refractivity contribution < 1.29 is 4.39 Å². The van der Waals surface area contributed by atoms with Gasteiger partial charge in [-0.2, -0.15) is 0 Å². The maximum absolute atomic E-state index is 14.3. The number of halogens is 1. The average Bonchev–Trinajstić information content (AvgIpc) is 2.46. The van der Waals surface area contributed by atoms with Crippen molar-refractivity contribution in [3.8, 4) is 0 Å². The highest BCUT2D eigenvalue weighted by Crippen LogP contribution is 2.33. The Bertz CT molecular complexity index is 455. The number of fused-ring (bicyclic) bond motifs is 1. The van der Waals surface area contributed by atoms with Gasteiger partial charge in [-0.05, 0) is 37.5 Å². The van der Waals surface area contributed by atoms with E-state index >= 15 is 0 Å². The Balaban J connectivity index is 1.96. The molecule has 0 unspecified atom stereocenters. The number of aryl methyl sites for hydroxylation is 1. The first-order chi connectivity index (χ1) is 9.29. The highest BCUT2D eigenvalue weighted by atomic mass is 19.1. The van der Waals surface area contributed by atoms with Crippen LogP contribution in [0.5, 0.6) is 0 Å². The van der Waals surface area contributed by atoms with E-state index in [2.05, 4.69) is 28.1 Å². The molecule has 4 heteroatoms. The Morgan fingerprint density at radius 3 is 2.68 bits per heavy atom. The molecule has 0 amide bonds. The number of rotatable bonds is 2. The molecule has 0 saturated carbocycles. The lowest BCUT2D eigenvalue weighted by atomic mass is 10.0. The van der Waals surface area contributed by atoms with Gasteiger partial charge >= 0.3 is 0 Å². The largest absolute Gasteiger partial charge is 0.372 e. The number of nitrogens with one attached hydrogen (secondary N) is 1. The molecule has 0 aliphatic carbocycles. The number of hydrogen-bond donors (Lipinski definition) is 1. The predicted octanol–water partition coefficient (Wildman–Crippen LogP) is 2.01. The van der Waals surface area contributed by atoms with Crippen LogP contribution >= 0.6 is 0 Å². The van der Waals surface area contributed by atoms with Crippen LogP contribution in [0.1, 0.15) is 18.9 Å². The summed E-state index contributed by atoms with van der Waals surface area (Å²) in [6.45, 7) is 7.92. The molecule has 3 rings (SSSR count). The zero-order valence-corrected chi connectivity index (χ0v) is 11.6. The van der Waals surface area contributed by atoms with Gasteiger partial charge in [0.05, 0.1) is 5.69 Å². The average molecular weight is 263 g/mol. The Kier molecular flexibility index (Phi) is 3.60. The van der Waals surface area contributed by atoms with E-state index in [9.17, 15) is 4.39 Å². The second-order valence-corrected chi connectivity index (χ2v) is 5.35. The SMILES string of the molecule is CCN1CCCc2cc(F)c(N3CCNCC3)cc21. The van der Waals surface area contributed by atoms with E-state index in [4.69, 9.17) is 0 Å². The van der Waals surface area contributed by atoms with E-state index in [0.29, 0.717) is 0 Å². The van der Waals surface area contributed by atoms with Crippen molar-refractivity contribution in [2.45, 2.75) is 19.8 Å². The first-order valence-electron chi connectivity index (χ1n) is 7.32.